The van der Waals surface area contributed by atoms with E-state index in [0.29, 0.717) is 0 Å². The molecule has 6 heterocycles. The van der Waals surface area contributed by atoms with Crippen LogP contribution in [0.2, 0.25) is 0 Å². The van der Waals surface area contributed by atoms with E-state index in [1.54, 1.807) is 24.8 Å². The molecule has 0 spiro atoms. The molecule has 6 nitrogen and oxygen atoms in total. The van der Waals surface area contributed by atoms with Crippen molar-refractivity contribution < 1.29 is 20.1 Å². The van der Waals surface area contributed by atoms with Crippen molar-refractivity contribution >= 4 is 0 Å². The monoisotopic (exact) mass is 839 g/mol. The molecule has 0 amide bonds. The van der Waals surface area contributed by atoms with Crippen LogP contribution in [0.1, 0.15) is 11.1 Å². The summed E-state index contributed by atoms with van der Waals surface area (Å²) in [6.45, 7) is 4.18. The van der Waals surface area contributed by atoms with E-state index in [4.69, 9.17) is 9.97 Å². The molecule has 1 radical (unpaired) electrons. The van der Waals surface area contributed by atoms with Crippen LogP contribution >= 0.6 is 0 Å². The second-order valence-corrected chi connectivity index (χ2v) is 11.8. The van der Waals surface area contributed by atoms with Crippen LogP contribution in [0.25, 0.3) is 67.8 Å². The number of nitrogens with zero attached hydrogens (tertiary/aromatic N) is 6. The molecular formula is C44H34IrN6. The molecule has 8 aromatic rings. The van der Waals surface area contributed by atoms with E-state index in [0.717, 1.165) is 67.8 Å². The summed E-state index contributed by atoms with van der Waals surface area (Å²) in [6, 6.07) is 48.8. The summed E-state index contributed by atoms with van der Waals surface area (Å²) in [5.41, 5.74) is 13.8. The molecular weight excluding hydrogens is 805 g/mol. The molecule has 0 saturated carbocycles. The van der Waals surface area contributed by atoms with E-state index >= 15 is 0 Å². The van der Waals surface area contributed by atoms with Gasteiger partial charge in [-0.2, -0.15) is 0 Å². The molecule has 249 valence electrons. The molecule has 0 N–H and O–H groups in total. The van der Waals surface area contributed by atoms with E-state index in [-0.39, 0.29) is 20.1 Å². The van der Waals surface area contributed by atoms with Gasteiger partial charge in [0.1, 0.15) is 0 Å². The molecule has 0 aliphatic carbocycles. The third kappa shape index (κ3) is 8.78. The van der Waals surface area contributed by atoms with Crippen molar-refractivity contribution in [2.24, 2.45) is 0 Å². The van der Waals surface area contributed by atoms with Crippen molar-refractivity contribution in [3.63, 3.8) is 0 Å². The smallest absolute Gasteiger partial charge is 0.0900 e. The van der Waals surface area contributed by atoms with E-state index < -0.39 is 0 Å². The molecule has 0 atom stereocenters. The average molecular weight is 839 g/mol. The molecule has 7 heteroatoms. The molecule has 0 saturated heterocycles. The second kappa shape index (κ2) is 16.6. The van der Waals surface area contributed by atoms with Gasteiger partial charge in [0.2, 0.25) is 0 Å². The van der Waals surface area contributed by atoms with Gasteiger partial charge in [0.25, 0.3) is 0 Å². The summed E-state index contributed by atoms with van der Waals surface area (Å²) >= 11 is 0. The van der Waals surface area contributed by atoms with Crippen LogP contribution in [0.4, 0.5) is 0 Å². The van der Waals surface area contributed by atoms with Gasteiger partial charge in [0.15, 0.2) is 0 Å². The zero-order chi connectivity index (χ0) is 34.1. The normalized spacial score (nSPS) is 10.4. The fraction of sp³-hybridized carbons (Fsp3) is 0.0455. The molecule has 0 aliphatic heterocycles. The Bertz CT molecular complexity index is 2020. The van der Waals surface area contributed by atoms with Gasteiger partial charge in [-0.05, 0) is 109 Å². The SMILES string of the molecule is Cc1ccc(-c2cc(-c3ccccn3)nc(-c3ccccn3)c2)cc1.Cc1ccc(-c2cc(-c3ccccn3)nc(-c3ccccn3)c2)cc1.[Ir]. The minimum Gasteiger partial charge on any atom is -0.255 e. The van der Waals surface area contributed by atoms with Crippen molar-refractivity contribution in [2.75, 3.05) is 0 Å². The van der Waals surface area contributed by atoms with E-state index in [9.17, 15) is 0 Å². The Morgan fingerprint density at radius 3 is 0.804 bits per heavy atom. The molecule has 51 heavy (non-hydrogen) atoms. The topological polar surface area (TPSA) is 77.3 Å². The van der Waals surface area contributed by atoms with Crippen molar-refractivity contribution in [2.45, 2.75) is 13.8 Å². The fourth-order valence-corrected chi connectivity index (χ4v) is 5.47. The minimum absolute atomic E-state index is 0. The van der Waals surface area contributed by atoms with Gasteiger partial charge >= 0.3 is 0 Å². The molecule has 0 fully saturated rings. The number of rotatable bonds is 6. The predicted octanol–water partition coefficient (Wildman–Crippen LogP) is 10.4. The van der Waals surface area contributed by atoms with Crippen LogP contribution < -0.4 is 0 Å². The molecule has 2 aromatic carbocycles. The quantitative estimate of drug-likeness (QED) is 0.166. The largest absolute Gasteiger partial charge is 0.255 e. The Kier molecular flexibility index (Phi) is 11.3. The predicted molar refractivity (Wildman–Crippen MR) is 202 cm³/mol. The van der Waals surface area contributed by atoms with Crippen LogP contribution in [-0.2, 0) is 20.1 Å². The van der Waals surface area contributed by atoms with Crippen LogP contribution in [-0.4, -0.2) is 29.9 Å². The Labute approximate surface area is 311 Å². The van der Waals surface area contributed by atoms with Gasteiger partial charge < -0.3 is 0 Å². The van der Waals surface area contributed by atoms with Crippen LogP contribution in [0, 0.1) is 13.8 Å². The number of hydrogen-bond donors (Lipinski definition) is 0. The fourth-order valence-electron chi connectivity index (χ4n) is 5.47. The number of benzene rings is 2. The summed E-state index contributed by atoms with van der Waals surface area (Å²) in [4.78, 5) is 27.4. The summed E-state index contributed by atoms with van der Waals surface area (Å²) in [5, 5.41) is 0. The third-order valence-electron chi connectivity index (χ3n) is 8.13. The first-order chi connectivity index (χ1) is 24.6. The van der Waals surface area contributed by atoms with Gasteiger partial charge in [-0.15, -0.1) is 0 Å². The second-order valence-electron chi connectivity index (χ2n) is 11.8. The van der Waals surface area contributed by atoms with Crippen molar-refractivity contribution in [1.82, 2.24) is 29.9 Å². The van der Waals surface area contributed by atoms with E-state index in [1.807, 2.05) is 72.8 Å². The summed E-state index contributed by atoms with van der Waals surface area (Å²) in [5.74, 6) is 0. The van der Waals surface area contributed by atoms with Crippen molar-refractivity contribution in [1.29, 1.82) is 0 Å². The van der Waals surface area contributed by atoms with Crippen molar-refractivity contribution in [3.8, 4) is 67.8 Å². The van der Waals surface area contributed by atoms with Gasteiger partial charge in [0.05, 0.1) is 45.6 Å². The first-order valence-corrected chi connectivity index (χ1v) is 16.4. The standard InChI is InChI=1S/2C22H17N3.Ir/c2*1-16-8-10-17(11-9-16)18-14-21(19-6-2-4-12-23-19)25-22(15-18)20-7-3-5-13-24-20;/h2*2-15H,1H3;. The molecule has 0 aliphatic rings. The Hall–Kier alpha value is -6.01. The Morgan fingerprint density at radius 2 is 0.569 bits per heavy atom. The van der Waals surface area contributed by atoms with Gasteiger partial charge in [-0.1, -0.05) is 83.9 Å². The molecule has 8 rings (SSSR count). The molecule has 0 unspecified atom stereocenters. The number of pyridine rings is 6. The van der Waals surface area contributed by atoms with Gasteiger partial charge in [0, 0.05) is 44.9 Å². The van der Waals surface area contributed by atoms with E-state index in [1.165, 1.54) is 11.1 Å². The number of aryl methyl sites for hydroxylation is 2. The number of aromatic nitrogens is 6. The summed E-state index contributed by atoms with van der Waals surface area (Å²) < 4.78 is 0. The number of hydrogen-bond acceptors (Lipinski definition) is 6. The van der Waals surface area contributed by atoms with Crippen molar-refractivity contribution in [3.05, 3.63) is 182 Å². The van der Waals surface area contributed by atoms with Crippen LogP contribution in [0.5, 0.6) is 0 Å². The van der Waals surface area contributed by atoms with E-state index in [2.05, 4.69) is 107 Å². The zero-order valence-corrected chi connectivity index (χ0v) is 30.6. The summed E-state index contributed by atoms with van der Waals surface area (Å²) in [6.07, 6.45) is 7.15. The maximum Gasteiger partial charge on any atom is 0.0900 e. The minimum atomic E-state index is 0. The average Bonchev–Trinajstić information content (AvgIpc) is 3.20. The maximum atomic E-state index is 4.79. The van der Waals surface area contributed by atoms with Crippen LogP contribution in [0.3, 0.4) is 0 Å². The maximum absolute atomic E-state index is 4.79. The Morgan fingerprint density at radius 1 is 0.294 bits per heavy atom. The molecule has 6 aromatic heterocycles. The van der Waals surface area contributed by atoms with Crippen LogP contribution in [0.15, 0.2) is 170 Å². The van der Waals surface area contributed by atoms with Gasteiger partial charge in [-0.25, -0.2) is 9.97 Å². The Balaban J connectivity index is 0.000000172. The molecule has 0 bridgehead atoms. The first kappa shape index (κ1) is 34.8. The summed E-state index contributed by atoms with van der Waals surface area (Å²) in [7, 11) is 0. The zero-order valence-electron chi connectivity index (χ0n) is 28.2. The first-order valence-electron chi connectivity index (χ1n) is 16.4. The van der Waals surface area contributed by atoms with Gasteiger partial charge in [-0.3, -0.25) is 19.9 Å². The third-order valence-corrected chi connectivity index (χ3v) is 8.13.